The monoisotopic (exact) mass is 437 g/mol. The third-order valence-electron chi connectivity index (χ3n) is 5.05. The van der Waals surface area contributed by atoms with Crippen LogP contribution >= 0.6 is 34.5 Å². The lowest BCUT2D eigenvalue weighted by atomic mass is 9.98. The Balaban J connectivity index is 1.84. The zero-order valence-corrected chi connectivity index (χ0v) is 18.9. The predicted octanol–water partition coefficient (Wildman–Crippen LogP) is 5.82. The Kier molecular flexibility index (Phi) is 6.81. The molecule has 0 bridgehead atoms. The quantitative estimate of drug-likeness (QED) is 0.506. The molecule has 0 aliphatic rings. The smallest absolute Gasteiger partial charge is 0.259 e. The molecule has 7 heteroatoms. The number of H-pyrrole nitrogens is 1. The van der Waals surface area contributed by atoms with Gasteiger partial charge in [-0.3, -0.25) is 9.69 Å². The lowest BCUT2D eigenvalue weighted by Crippen LogP contribution is -2.22. The number of benzene rings is 1. The van der Waals surface area contributed by atoms with Crippen LogP contribution in [0.3, 0.4) is 0 Å². The van der Waals surface area contributed by atoms with E-state index in [0.29, 0.717) is 34.9 Å². The number of hydrogen-bond acceptors (Lipinski definition) is 4. The highest BCUT2D eigenvalue weighted by molar-refractivity contribution is 7.18. The van der Waals surface area contributed by atoms with E-state index in [4.69, 9.17) is 28.2 Å². The fraction of sp³-hybridized carbons (Fsp3) is 0.429. The van der Waals surface area contributed by atoms with Crippen molar-refractivity contribution in [3.05, 3.63) is 60.4 Å². The average Bonchev–Trinajstić information content (AvgIpc) is 2.94. The van der Waals surface area contributed by atoms with Crippen molar-refractivity contribution < 1.29 is 0 Å². The van der Waals surface area contributed by atoms with Crippen molar-refractivity contribution in [2.24, 2.45) is 5.92 Å². The van der Waals surface area contributed by atoms with Crippen LogP contribution in [0.5, 0.6) is 0 Å². The Morgan fingerprint density at radius 3 is 2.75 bits per heavy atom. The minimum atomic E-state index is -0.0446. The molecule has 0 saturated heterocycles. The third kappa shape index (κ3) is 4.60. The van der Waals surface area contributed by atoms with Crippen LogP contribution in [-0.4, -0.2) is 21.9 Å². The maximum atomic E-state index is 12.8. The summed E-state index contributed by atoms with van der Waals surface area (Å²) in [5, 5.41) is 1.87. The largest absolute Gasteiger partial charge is 0.309 e. The van der Waals surface area contributed by atoms with Crippen molar-refractivity contribution in [3.63, 3.8) is 0 Å². The van der Waals surface area contributed by atoms with Crippen molar-refractivity contribution in [1.82, 2.24) is 14.9 Å². The van der Waals surface area contributed by atoms with Crippen molar-refractivity contribution >= 4 is 44.8 Å². The first-order valence-electron chi connectivity index (χ1n) is 9.42. The molecule has 2 heterocycles. The molecule has 1 unspecified atom stereocenters. The number of halogens is 2. The minimum absolute atomic E-state index is 0.0446. The molecular formula is C21H25Cl2N3OS. The molecule has 2 aromatic heterocycles. The highest BCUT2D eigenvalue weighted by atomic mass is 35.5. The summed E-state index contributed by atoms with van der Waals surface area (Å²) in [4.78, 5) is 24.6. The Morgan fingerprint density at radius 2 is 2.04 bits per heavy atom. The highest BCUT2D eigenvalue weighted by Gasteiger charge is 2.17. The number of nitrogens with one attached hydrogen (secondary N) is 1. The molecule has 0 fully saturated rings. The number of aryl methyl sites for hydroxylation is 1. The molecule has 0 saturated carbocycles. The molecule has 1 N–H and O–H groups in total. The lowest BCUT2D eigenvalue weighted by Gasteiger charge is -2.17. The second-order valence-corrected chi connectivity index (χ2v) is 9.42. The molecule has 150 valence electrons. The van der Waals surface area contributed by atoms with Gasteiger partial charge in [0.05, 0.1) is 22.0 Å². The molecule has 0 radical (unpaired) electrons. The second kappa shape index (κ2) is 8.95. The Morgan fingerprint density at radius 1 is 1.29 bits per heavy atom. The SMILES string of the molecule is CCC(C)Cc1c(C)sc2nc(CN(C)Cc3cccc(Cl)c3Cl)[nH]c(=O)c12. The van der Waals surface area contributed by atoms with Gasteiger partial charge >= 0.3 is 0 Å². The summed E-state index contributed by atoms with van der Waals surface area (Å²) >= 11 is 14.0. The Hall–Kier alpha value is -1.40. The number of aromatic nitrogens is 2. The predicted molar refractivity (Wildman–Crippen MR) is 120 cm³/mol. The molecule has 4 nitrogen and oxygen atoms in total. The normalized spacial score (nSPS) is 12.8. The van der Waals surface area contributed by atoms with Gasteiger partial charge in [0.1, 0.15) is 10.7 Å². The minimum Gasteiger partial charge on any atom is -0.309 e. The third-order valence-corrected chi connectivity index (χ3v) is 6.95. The summed E-state index contributed by atoms with van der Waals surface area (Å²) in [6.45, 7) is 7.61. The van der Waals surface area contributed by atoms with E-state index >= 15 is 0 Å². The molecule has 0 amide bonds. The topological polar surface area (TPSA) is 49.0 Å². The van der Waals surface area contributed by atoms with E-state index in [1.165, 1.54) is 4.88 Å². The number of rotatable bonds is 7. The van der Waals surface area contributed by atoms with Crippen molar-refractivity contribution in [2.45, 2.75) is 46.7 Å². The molecule has 3 rings (SSSR count). The molecule has 0 aliphatic heterocycles. The van der Waals surface area contributed by atoms with E-state index in [1.54, 1.807) is 17.4 Å². The van der Waals surface area contributed by atoms with Gasteiger partial charge in [0, 0.05) is 11.4 Å². The van der Waals surface area contributed by atoms with Gasteiger partial charge in [-0.15, -0.1) is 11.3 Å². The van der Waals surface area contributed by atoms with Gasteiger partial charge in [-0.05, 0) is 43.5 Å². The van der Waals surface area contributed by atoms with Crippen LogP contribution in [0.2, 0.25) is 10.0 Å². The molecular weight excluding hydrogens is 413 g/mol. The van der Waals surface area contributed by atoms with Gasteiger partial charge in [0.2, 0.25) is 0 Å². The average molecular weight is 438 g/mol. The molecule has 3 aromatic rings. The van der Waals surface area contributed by atoms with Gasteiger partial charge in [-0.25, -0.2) is 4.98 Å². The number of aromatic amines is 1. The number of hydrogen-bond donors (Lipinski definition) is 1. The first-order valence-corrected chi connectivity index (χ1v) is 11.0. The van der Waals surface area contributed by atoms with E-state index in [0.717, 1.165) is 34.2 Å². The second-order valence-electron chi connectivity index (χ2n) is 7.43. The van der Waals surface area contributed by atoms with Gasteiger partial charge in [-0.1, -0.05) is 55.6 Å². The van der Waals surface area contributed by atoms with Crippen LogP contribution in [0.15, 0.2) is 23.0 Å². The molecule has 0 spiro atoms. The Bertz CT molecular complexity index is 1040. The van der Waals surface area contributed by atoms with Gasteiger partial charge < -0.3 is 4.98 Å². The summed E-state index contributed by atoms with van der Waals surface area (Å²) < 4.78 is 0. The first-order chi connectivity index (χ1) is 13.3. The fourth-order valence-electron chi connectivity index (χ4n) is 3.31. The van der Waals surface area contributed by atoms with Crippen LogP contribution < -0.4 is 5.56 Å². The number of fused-ring (bicyclic) bond motifs is 1. The number of nitrogens with zero attached hydrogens (tertiary/aromatic N) is 2. The van der Waals surface area contributed by atoms with Crippen LogP contribution in [0, 0.1) is 12.8 Å². The van der Waals surface area contributed by atoms with Crippen LogP contribution in [0.1, 0.15) is 42.1 Å². The van der Waals surface area contributed by atoms with Gasteiger partial charge in [0.15, 0.2) is 0 Å². The summed E-state index contributed by atoms with van der Waals surface area (Å²) in [6.07, 6.45) is 2.01. The maximum absolute atomic E-state index is 12.8. The van der Waals surface area contributed by atoms with Crippen LogP contribution in [-0.2, 0) is 19.5 Å². The molecule has 1 atom stereocenters. The highest BCUT2D eigenvalue weighted by Crippen LogP contribution is 2.30. The van der Waals surface area contributed by atoms with Crippen molar-refractivity contribution in [3.8, 4) is 0 Å². The number of thiophene rings is 1. The molecule has 0 aliphatic carbocycles. The van der Waals surface area contributed by atoms with E-state index in [1.807, 2.05) is 19.2 Å². The molecule has 28 heavy (non-hydrogen) atoms. The van der Waals surface area contributed by atoms with Crippen molar-refractivity contribution in [2.75, 3.05) is 7.05 Å². The summed E-state index contributed by atoms with van der Waals surface area (Å²) in [5.74, 6) is 1.21. The van der Waals surface area contributed by atoms with Crippen molar-refractivity contribution in [1.29, 1.82) is 0 Å². The van der Waals surface area contributed by atoms with E-state index in [2.05, 4.69) is 30.7 Å². The fourth-order valence-corrected chi connectivity index (χ4v) is 4.76. The zero-order valence-electron chi connectivity index (χ0n) is 16.6. The van der Waals surface area contributed by atoms with Gasteiger partial charge in [0.25, 0.3) is 5.56 Å². The van der Waals surface area contributed by atoms with E-state index in [9.17, 15) is 4.79 Å². The van der Waals surface area contributed by atoms with Crippen LogP contribution in [0.25, 0.3) is 10.2 Å². The van der Waals surface area contributed by atoms with E-state index in [-0.39, 0.29) is 5.56 Å². The van der Waals surface area contributed by atoms with Gasteiger partial charge in [-0.2, -0.15) is 0 Å². The Labute approximate surface area is 179 Å². The first kappa shape index (κ1) is 21.3. The lowest BCUT2D eigenvalue weighted by molar-refractivity contribution is 0.311. The summed E-state index contributed by atoms with van der Waals surface area (Å²) in [6, 6.07) is 5.61. The van der Waals surface area contributed by atoms with E-state index < -0.39 is 0 Å². The maximum Gasteiger partial charge on any atom is 0.259 e. The summed E-state index contributed by atoms with van der Waals surface area (Å²) in [5.41, 5.74) is 2.05. The zero-order chi connectivity index (χ0) is 20.4. The standard InChI is InChI=1S/C21H25Cl2N3OS/c1-5-12(2)9-15-13(3)28-21-18(15)20(27)24-17(25-21)11-26(4)10-14-7-6-8-16(22)19(14)23/h6-8,12H,5,9-11H2,1-4H3,(H,24,25,27). The summed E-state index contributed by atoms with van der Waals surface area (Å²) in [7, 11) is 1.97. The van der Waals surface area contributed by atoms with Crippen LogP contribution in [0.4, 0.5) is 0 Å². The molecule has 1 aromatic carbocycles.